The molecule has 0 amide bonds. The standard InChI is InChI=1S/C13H28N2O/c1-2-15(10-6-3-7-11-16)12-13-8-4-5-9-14-13/h13-14,16H,2-12H2,1H3. The first kappa shape index (κ1) is 13.9. The summed E-state index contributed by atoms with van der Waals surface area (Å²) in [5.74, 6) is 0. The molecule has 0 spiro atoms. The predicted octanol–water partition coefficient (Wildman–Crippen LogP) is 1.61. The van der Waals surface area contributed by atoms with Crippen molar-refractivity contribution in [3.63, 3.8) is 0 Å². The van der Waals surface area contributed by atoms with Gasteiger partial charge in [-0.2, -0.15) is 0 Å². The highest BCUT2D eigenvalue weighted by atomic mass is 16.2. The summed E-state index contributed by atoms with van der Waals surface area (Å²) < 4.78 is 0. The molecule has 1 aliphatic heterocycles. The van der Waals surface area contributed by atoms with Crippen molar-refractivity contribution in [1.82, 2.24) is 10.2 Å². The second kappa shape index (κ2) is 8.97. The molecule has 1 fully saturated rings. The zero-order valence-corrected chi connectivity index (χ0v) is 10.7. The van der Waals surface area contributed by atoms with Crippen LogP contribution in [0.4, 0.5) is 0 Å². The number of likely N-dealkylation sites (N-methyl/N-ethyl adjacent to an activating group) is 1. The molecule has 1 heterocycles. The van der Waals surface area contributed by atoms with E-state index >= 15 is 0 Å². The molecular weight excluding hydrogens is 200 g/mol. The molecular formula is C13H28N2O. The van der Waals surface area contributed by atoms with Gasteiger partial charge in [0.05, 0.1) is 0 Å². The third kappa shape index (κ3) is 5.83. The van der Waals surface area contributed by atoms with E-state index in [2.05, 4.69) is 17.1 Å². The van der Waals surface area contributed by atoms with Gasteiger partial charge in [0.25, 0.3) is 0 Å². The van der Waals surface area contributed by atoms with Crippen LogP contribution in [0.25, 0.3) is 0 Å². The Labute approximate surface area is 100 Å². The summed E-state index contributed by atoms with van der Waals surface area (Å²) in [6.07, 6.45) is 7.41. The number of piperidine rings is 1. The van der Waals surface area contributed by atoms with Gasteiger partial charge in [-0.05, 0) is 51.7 Å². The Hall–Kier alpha value is -0.120. The molecule has 0 bridgehead atoms. The minimum absolute atomic E-state index is 0.344. The Morgan fingerprint density at radius 2 is 2.12 bits per heavy atom. The number of nitrogens with one attached hydrogen (secondary N) is 1. The van der Waals surface area contributed by atoms with Crippen molar-refractivity contribution < 1.29 is 5.11 Å². The van der Waals surface area contributed by atoms with Crippen molar-refractivity contribution in [3.05, 3.63) is 0 Å². The van der Waals surface area contributed by atoms with E-state index in [0.29, 0.717) is 12.6 Å². The molecule has 3 nitrogen and oxygen atoms in total. The molecule has 3 heteroatoms. The number of aliphatic hydroxyl groups is 1. The van der Waals surface area contributed by atoms with E-state index in [9.17, 15) is 0 Å². The highest BCUT2D eigenvalue weighted by Crippen LogP contribution is 2.09. The number of aliphatic hydroxyl groups excluding tert-OH is 1. The van der Waals surface area contributed by atoms with Gasteiger partial charge in [0.1, 0.15) is 0 Å². The van der Waals surface area contributed by atoms with Crippen LogP contribution < -0.4 is 5.32 Å². The monoisotopic (exact) mass is 228 g/mol. The van der Waals surface area contributed by atoms with Crippen LogP contribution >= 0.6 is 0 Å². The van der Waals surface area contributed by atoms with Crippen molar-refractivity contribution >= 4 is 0 Å². The Morgan fingerprint density at radius 1 is 1.25 bits per heavy atom. The SMILES string of the molecule is CCN(CCCCCO)CC1CCCCN1. The average molecular weight is 228 g/mol. The van der Waals surface area contributed by atoms with Gasteiger partial charge in [0.15, 0.2) is 0 Å². The van der Waals surface area contributed by atoms with Crippen LogP contribution in [0.1, 0.15) is 45.4 Å². The first-order chi connectivity index (χ1) is 7.86. The van der Waals surface area contributed by atoms with E-state index in [1.54, 1.807) is 0 Å². The third-order valence-electron chi connectivity index (χ3n) is 3.47. The fourth-order valence-electron chi connectivity index (χ4n) is 2.39. The van der Waals surface area contributed by atoms with Crippen molar-refractivity contribution in [2.75, 3.05) is 32.8 Å². The molecule has 0 aliphatic carbocycles. The van der Waals surface area contributed by atoms with E-state index in [1.165, 1.54) is 45.3 Å². The van der Waals surface area contributed by atoms with Gasteiger partial charge < -0.3 is 15.3 Å². The maximum Gasteiger partial charge on any atom is 0.0431 e. The predicted molar refractivity (Wildman–Crippen MR) is 68.7 cm³/mol. The second-order valence-electron chi connectivity index (χ2n) is 4.82. The fraction of sp³-hybridized carbons (Fsp3) is 1.00. The third-order valence-corrected chi connectivity index (χ3v) is 3.47. The summed E-state index contributed by atoms with van der Waals surface area (Å²) in [6, 6.07) is 0.714. The molecule has 1 rings (SSSR count). The lowest BCUT2D eigenvalue weighted by Crippen LogP contribution is -2.43. The lowest BCUT2D eigenvalue weighted by atomic mass is 10.0. The van der Waals surface area contributed by atoms with Crippen LogP contribution in [0, 0.1) is 0 Å². The fourth-order valence-corrected chi connectivity index (χ4v) is 2.39. The van der Waals surface area contributed by atoms with Gasteiger partial charge in [-0.15, -0.1) is 0 Å². The summed E-state index contributed by atoms with van der Waals surface area (Å²) in [5.41, 5.74) is 0. The first-order valence-corrected chi connectivity index (χ1v) is 6.93. The van der Waals surface area contributed by atoms with E-state index < -0.39 is 0 Å². The van der Waals surface area contributed by atoms with Crippen molar-refractivity contribution in [2.24, 2.45) is 0 Å². The highest BCUT2D eigenvalue weighted by molar-refractivity contribution is 4.75. The van der Waals surface area contributed by atoms with Crippen LogP contribution in [0.5, 0.6) is 0 Å². The summed E-state index contributed by atoms with van der Waals surface area (Å²) in [7, 11) is 0. The molecule has 1 unspecified atom stereocenters. The maximum absolute atomic E-state index is 8.73. The van der Waals surface area contributed by atoms with E-state index in [1.807, 2.05) is 0 Å². The minimum Gasteiger partial charge on any atom is -0.396 e. The Bertz CT molecular complexity index is 158. The average Bonchev–Trinajstić information content (AvgIpc) is 2.34. The molecule has 0 aromatic carbocycles. The van der Waals surface area contributed by atoms with Crippen LogP contribution in [-0.2, 0) is 0 Å². The second-order valence-corrected chi connectivity index (χ2v) is 4.82. The first-order valence-electron chi connectivity index (χ1n) is 6.93. The Balaban J connectivity index is 2.09. The molecule has 1 aliphatic rings. The lowest BCUT2D eigenvalue weighted by molar-refractivity contribution is 0.224. The zero-order valence-electron chi connectivity index (χ0n) is 10.7. The normalized spacial score (nSPS) is 21.6. The van der Waals surface area contributed by atoms with Crippen LogP contribution in [-0.4, -0.2) is 48.8 Å². The van der Waals surface area contributed by atoms with E-state index in [0.717, 1.165) is 19.4 Å². The summed E-state index contributed by atoms with van der Waals surface area (Å²) in [6.45, 7) is 7.33. The summed E-state index contributed by atoms with van der Waals surface area (Å²) in [4.78, 5) is 2.54. The molecule has 0 radical (unpaired) electrons. The number of hydrogen-bond acceptors (Lipinski definition) is 3. The number of rotatable bonds is 8. The molecule has 2 N–H and O–H groups in total. The van der Waals surface area contributed by atoms with Crippen LogP contribution in [0.3, 0.4) is 0 Å². The highest BCUT2D eigenvalue weighted by Gasteiger charge is 2.15. The Kier molecular flexibility index (Phi) is 7.81. The largest absolute Gasteiger partial charge is 0.396 e. The molecule has 0 aromatic rings. The zero-order chi connectivity index (χ0) is 11.6. The topological polar surface area (TPSA) is 35.5 Å². The molecule has 1 atom stereocenters. The van der Waals surface area contributed by atoms with Gasteiger partial charge in [0, 0.05) is 19.2 Å². The van der Waals surface area contributed by atoms with Crippen molar-refractivity contribution in [3.8, 4) is 0 Å². The smallest absolute Gasteiger partial charge is 0.0431 e. The Morgan fingerprint density at radius 3 is 2.75 bits per heavy atom. The molecule has 1 saturated heterocycles. The molecule has 0 aromatic heterocycles. The van der Waals surface area contributed by atoms with E-state index in [-0.39, 0.29) is 0 Å². The molecule has 0 saturated carbocycles. The quantitative estimate of drug-likeness (QED) is 0.620. The van der Waals surface area contributed by atoms with Gasteiger partial charge >= 0.3 is 0 Å². The number of hydrogen-bond donors (Lipinski definition) is 2. The summed E-state index contributed by atoms with van der Waals surface area (Å²) in [5, 5.41) is 12.3. The van der Waals surface area contributed by atoms with Crippen LogP contribution in [0.15, 0.2) is 0 Å². The van der Waals surface area contributed by atoms with Gasteiger partial charge in [0.2, 0.25) is 0 Å². The lowest BCUT2D eigenvalue weighted by Gasteiger charge is -2.29. The van der Waals surface area contributed by atoms with Gasteiger partial charge in [-0.1, -0.05) is 13.3 Å². The van der Waals surface area contributed by atoms with Gasteiger partial charge in [-0.3, -0.25) is 0 Å². The minimum atomic E-state index is 0.344. The van der Waals surface area contributed by atoms with Crippen molar-refractivity contribution in [1.29, 1.82) is 0 Å². The number of unbranched alkanes of at least 4 members (excludes halogenated alkanes) is 2. The van der Waals surface area contributed by atoms with E-state index in [4.69, 9.17) is 5.11 Å². The molecule has 16 heavy (non-hydrogen) atoms. The summed E-state index contributed by atoms with van der Waals surface area (Å²) >= 11 is 0. The van der Waals surface area contributed by atoms with Gasteiger partial charge in [-0.25, -0.2) is 0 Å². The van der Waals surface area contributed by atoms with Crippen LogP contribution in [0.2, 0.25) is 0 Å². The van der Waals surface area contributed by atoms with Crippen molar-refractivity contribution in [2.45, 2.75) is 51.5 Å². The maximum atomic E-state index is 8.73. The molecule has 96 valence electrons. The number of nitrogens with zero attached hydrogens (tertiary/aromatic N) is 1.